The number of aliphatic carboxylic acids is 1. The number of carboxylic acid groups (broad SMARTS) is 1. The van der Waals surface area contributed by atoms with Gasteiger partial charge in [-0.15, -0.1) is 0 Å². The molecule has 4 atom stereocenters. The van der Waals surface area contributed by atoms with Crippen LogP contribution >= 0.6 is 0 Å². The molecule has 162 valence electrons. The Balaban J connectivity index is 1.30. The number of fused-ring (bicyclic) bond motifs is 3. The van der Waals surface area contributed by atoms with Crippen LogP contribution in [0.4, 0.5) is 5.69 Å². The molecule has 2 aromatic rings. The van der Waals surface area contributed by atoms with Crippen LogP contribution < -0.4 is 4.90 Å². The molecule has 4 heterocycles. The summed E-state index contributed by atoms with van der Waals surface area (Å²) in [4.78, 5) is 30.1. The van der Waals surface area contributed by atoms with Gasteiger partial charge < -0.3 is 19.2 Å². The monoisotopic (exact) mass is 422 g/mol. The second-order valence-corrected chi connectivity index (χ2v) is 8.53. The van der Waals surface area contributed by atoms with E-state index in [4.69, 9.17) is 14.3 Å². The number of carbonyl (C=O) groups is 2. The van der Waals surface area contributed by atoms with E-state index < -0.39 is 5.97 Å². The zero-order valence-electron chi connectivity index (χ0n) is 17.3. The molecule has 2 saturated heterocycles. The molecule has 1 N–H and O–H groups in total. The SMILES string of the molecule is O=C(O)CC/C=C\C[C@@H]1[C@H](c2nc(C(=O)N3CCc4ccccc43)co2)[C@H]2CC[C@@H]1O2. The molecule has 3 aliphatic heterocycles. The van der Waals surface area contributed by atoms with Crippen LogP contribution in [0.15, 0.2) is 47.1 Å². The van der Waals surface area contributed by atoms with E-state index in [1.807, 2.05) is 30.4 Å². The van der Waals surface area contributed by atoms with Crippen molar-refractivity contribution in [3.8, 4) is 0 Å². The number of para-hydroxylation sites is 1. The molecular formula is C24H26N2O5. The number of hydrogen-bond donors (Lipinski definition) is 1. The van der Waals surface area contributed by atoms with Crippen LogP contribution in [0.1, 0.15) is 60.0 Å². The van der Waals surface area contributed by atoms with Gasteiger partial charge in [-0.05, 0) is 43.7 Å². The number of benzene rings is 1. The lowest BCUT2D eigenvalue weighted by molar-refractivity contribution is -0.136. The zero-order valence-corrected chi connectivity index (χ0v) is 17.3. The summed E-state index contributed by atoms with van der Waals surface area (Å²) in [7, 11) is 0. The van der Waals surface area contributed by atoms with E-state index >= 15 is 0 Å². The van der Waals surface area contributed by atoms with E-state index in [2.05, 4.69) is 11.1 Å². The van der Waals surface area contributed by atoms with Gasteiger partial charge in [-0.3, -0.25) is 9.59 Å². The first-order valence-electron chi connectivity index (χ1n) is 11.0. The van der Waals surface area contributed by atoms with Gasteiger partial charge in [0.25, 0.3) is 5.91 Å². The summed E-state index contributed by atoms with van der Waals surface area (Å²) < 4.78 is 12.0. The van der Waals surface area contributed by atoms with Crippen molar-refractivity contribution >= 4 is 17.6 Å². The van der Waals surface area contributed by atoms with Crippen molar-refractivity contribution in [1.82, 2.24) is 4.98 Å². The van der Waals surface area contributed by atoms with Crippen LogP contribution in [-0.4, -0.2) is 40.7 Å². The second-order valence-electron chi connectivity index (χ2n) is 8.53. The highest BCUT2D eigenvalue weighted by Gasteiger charge is 2.51. The van der Waals surface area contributed by atoms with Gasteiger partial charge in [0, 0.05) is 24.6 Å². The second kappa shape index (κ2) is 8.30. The molecule has 0 spiro atoms. The van der Waals surface area contributed by atoms with Crippen molar-refractivity contribution in [2.75, 3.05) is 11.4 Å². The highest BCUT2D eigenvalue weighted by atomic mass is 16.5. The smallest absolute Gasteiger partial charge is 0.303 e. The number of ether oxygens (including phenoxy) is 1. The number of rotatable bonds is 7. The minimum atomic E-state index is -0.789. The molecule has 0 aliphatic carbocycles. The summed E-state index contributed by atoms with van der Waals surface area (Å²) in [6.07, 6.45) is 9.96. The Morgan fingerprint density at radius 3 is 2.90 bits per heavy atom. The minimum Gasteiger partial charge on any atom is -0.481 e. The van der Waals surface area contributed by atoms with Gasteiger partial charge in [-0.2, -0.15) is 0 Å². The molecule has 0 radical (unpaired) electrons. The van der Waals surface area contributed by atoms with Crippen molar-refractivity contribution in [3.05, 3.63) is 59.8 Å². The van der Waals surface area contributed by atoms with E-state index in [1.54, 1.807) is 4.90 Å². The largest absolute Gasteiger partial charge is 0.481 e. The predicted molar refractivity (Wildman–Crippen MR) is 113 cm³/mol. The summed E-state index contributed by atoms with van der Waals surface area (Å²) in [5, 5.41) is 8.78. The number of amides is 1. The Labute approximate surface area is 180 Å². The Morgan fingerprint density at radius 2 is 2.03 bits per heavy atom. The third-order valence-electron chi connectivity index (χ3n) is 6.68. The maximum Gasteiger partial charge on any atom is 0.303 e. The normalized spacial score (nSPS) is 26.6. The zero-order chi connectivity index (χ0) is 21.4. The minimum absolute atomic E-state index is 0.0234. The Morgan fingerprint density at radius 1 is 1.19 bits per heavy atom. The number of anilines is 1. The van der Waals surface area contributed by atoms with Gasteiger partial charge >= 0.3 is 5.97 Å². The van der Waals surface area contributed by atoms with Crippen molar-refractivity contribution in [3.63, 3.8) is 0 Å². The lowest BCUT2D eigenvalue weighted by atomic mass is 9.77. The van der Waals surface area contributed by atoms with E-state index in [0.717, 1.165) is 31.4 Å². The fourth-order valence-electron chi connectivity index (χ4n) is 5.22. The van der Waals surface area contributed by atoms with Crippen molar-refractivity contribution in [2.45, 2.75) is 56.7 Å². The summed E-state index contributed by atoms with van der Waals surface area (Å²) in [6, 6.07) is 7.96. The molecule has 1 amide bonds. The van der Waals surface area contributed by atoms with Crippen molar-refractivity contribution in [2.24, 2.45) is 5.92 Å². The summed E-state index contributed by atoms with van der Waals surface area (Å²) in [5.41, 5.74) is 2.46. The van der Waals surface area contributed by atoms with Gasteiger partial charge in [0.2, 0.25) is 5.89 Å². The molecule has 31 heavy (non-hydrogen) atoms. The number of carboxylic acids is 1. The highest BCUT2D eigenvalue weighted by molar-refractivity contribution is 6.05. The van der Waals surface area contributed by atoms with Crippen LogP contribution in [0.3, 0.4) is 0 Å². The van der Waals surface area contributed by atoms with E-state index in [1.165, 1.54) is 11.8 Å². The predicted octanol–water partition coefficient (Wildman–Crippen LogP) is 3.95. The average Bonchev–Trinajstić information content (AvgIpc) is 3.55. The lowest BCUT2D eigenvalue weighted by Crippen LogP contribution is -2.29. The number of carbonyl (C=O) groups excluding carboxylic acids is 1. The first kappa shape index (κ1) is 20.0. The van der Waals surface area contributed by atoms with Crippen LogP contribution in [0.2, 0.25) is 0 Å². The molecule has 2 bridgehead atoms. The fourth-order valence-corrected chi connectivity index (χ4v) is 5.22. The van der Waals surface area contributed by atoms with Crippen LogP contribution in [-0.2, 0) is 16.0 Å². The van der Waals surface area contributed by atoms with E-state index in [9.17, 15) is 9.59 Å². The molecule has 5 rings (SSSR count). The Kier molecular flexibility index (Phi) is 5.36. The number of nitrogens with zero attached hydrogens (tertiary/aromatic N) is 2. The Bertz CT molecular complexity index is 1010. The lowest BCUT2D eigenvalue weighted by Gasteiger charge is -2.24. The van der Waals surface area contributed by atoms with Gasteiger partial charge in [0.05, 0.1) is 18.1 Å². The third kappa shape index (κ3) is 3.78. The molecule has 3 aliphatic rings. The van der Waals surface area contributed by atoms with Crippen LogP contribution in [0, 0.1) is 5.92 Å². The molecule has 1 aromatic heterocycles. The van der Waals surface area contributed by atoms with Crippen molar-refractivity contribution in [1.29, 1.82) is 0 Å². The summed E-state index contributed by atoms with van der Waals surface area (Å²) in [6.45, 7) is 0.654. The molecular weight excluding hydrogens is 396 g/mol. The standard InChI is InChI=1S/C24H26N2O5/c27-21(28)9-3-1-2-7-16-19-10-11-20(31-19)22(16)23-25-17(14-30-23)24(29)26-13-12-15-6-4-5-8-18(15)26/h1-2,4-6,8,14,16,19-20,22H,3,7,9-13H2,(H,27,28)/b2-1-/t16-,19-,20+,22-/m0/s1. The quantitative estimate of drug-likeness (QED) is 0.679. The van der Waals surface area contributed by atoms with Crippen molar-refractivity contribution < 1.29 is 23.8 Å². The van der Waals surface area contributed by atoms with E-state index in [0.29, 0.717) is 24.6 Å². The topological polar surface area (TPSA) is 92.9 Å². The maximum absolute atomic E-state index is 13.1. The molecule has 1 aromatic carbocycles. The number of hydrogen-bond acceptors (Lipinski definition) is 5. The molecule has 0 saturated carbocycles. The van der Waals surface area contributed by atoms with E-state index in [-0.39, 0.29) is 36.4 Å². The number of allylic oxidation sites excluding steroid dienone is 2. The molecule has 7 nitrogen and oxygen atoms in total. The van der Waals surface area contributed by atoms with Gasteiger partial charge in [0.1, 0.15) is 6.26 Å². The van der Waals surface area contributed by atoms with Crippen LogP contribution in [0.5, 0.6) is 0 Å². The Hall–Kier alpha value is -2.93. The average molecular weight is 422 g/mol. The van der Waals surface area contributed by atoms with Crippen LogP contribution in [0.25, 0.3) is 0 Å². The summed E-state index contributed by atoms with van der Waals surface area (Å²) in [5.74, 6) is -0.0891. The fraction of sp³-hybridized carbons (Fsp3) is 0.458. The third-order valence-corrected chi connectivity index (χ3v) is 6.68. The van der Waals surface area contributed by atoms with Gasteiger partial charge in [0.15, 0.2) is 5.69 Å². The number of aromatic nitrogens is 1. The number of oxazole rings is 1. The summed E-state index contributed by atoms with van der Waals surface area (Å²) >= 11 is 0. The highest BCUT2D eigenvalue weighted by Crippen LogP contribution is 2.50. The first-order valence-corrected chi connectivity index (χ1v) is 11.0. The molecule has 2 fully saturated rings. The van der Waals surface area contributed by atoms with Gasteiger partial charge in [-0.25, -0.2) is 4.98 Å². The molecule has 7 heteroatoms. The first-order chi connectivity index (χ1) is 15.1. The molecule has 0 unspecified atom stereocenters. The maximum atomic E-state index is 13.1. The van der Waals surface area contributed by atoms with Gasteiger partial charge in [-0.1, -0.05) is 30.4 Å².